The third-order valence-corrected chi connectivity index (χ3v) is 4.21. The molecule has 0 amide bonds. The number of benzene rings is 1. The molecular weight excluding hydrogens is 261 g/mol. The highest BCUT2D eigenvalue weighted by molar-refractivity contribution is 5.61. The average Bonchev–Trinajstić information content (AvgIpc) is 2.48. The van der Waals surface area contributed by atoms with Gasteiger partial charge >= 0.3 is 0 Å². The average molecular weight is 282 g/mol. The van der Waals surface area contributed by atoms with E-state index in [2.05, 4.69) is 6.92 Å². The highest BCUT2D eigenvalue weighted by atomic mass is 19.2. The first kappa shape index (κ1) is 15.1. The van der Waals surface area contributed by atoms with Crippen LogP contribution >= 0.6 is 0 Å². The van der Waals surface area contributed by atoms with E-state index in [1.54, 1.807) is 0 Å². The summed E-state index contributed by atoms with van der Waals surface area (Å²) in [7, 11) is 0. The van der Waals surface area contributed by atoms with Crippen molar-refractivity contribution in [1.82, 2.24) is 0 Å². The van der Waals surface area contributed by atoms with Crippen LogP contribution in [0, 0.1) is 17.7 Å². The quantitative estimate of drug-likeness (QED) is 0.631. The second-order valence-corrected chi connectivity index (χ2v) is 5.68. The zero-order valence-corrected chi connectivity index (χ0v) is 11.8. The fraction of sp³-hybridized carbons (Fsp3) is 0.529. The van der Waals surface area contributed by atoms with Crippen LogP contribution in [0.15, 0.2) is 30.1 Å². The second kappa shape index (κ2) is 6.96. The Bertz CT molecular complexity index is 454. The smallest absolute Gasteiger partial charge is 0.162 e. The van der Waals surface area contributed by atoms with Gasteiger partial charge in [-0.25, -0.2) is 13.2 Å². The van der Waals surface area contributed by atoms with Crippen LogP contribution in [0.5, 0.6) is 0 Å². The van der Waals surface area contributed by atoms with Crippen molar-refractivity contribution in [3.05, 3.63) is 41.5 Å². The minimum absolute atomic E-state index is 0.125. The normalized spacial score (nSPS) is 24.4. The number of hydrogen-bond donors (Lipinski definition) is 0. The van der Waals surface area contributed by atoms with Crippen LogP contribution in [0.1, 0.15) is 51.0 Å². The first-order valence-electron chi connectivity index (χ1n) is 7.43. The van der Waals surface area contributed by atoms with Gasteiger partial charge in [-0.15, -0.1) is 0 Å². The first-order chi connectivity index (χ1) is 9.61. The highest BCUT2D eigenvalue weighted by Gasteiger charge is 2.26. The molecule has 110 valence electrons. The van der Waals surface area contributed by atoms with Gasteiger partial charge in [0.15, 0.2) is 5.83 Å². The lowest BCUT2D eigenvalue weighted by atomic mass is 9.79. The van der Waals surface area contributed by atoms with Crippen molar-refractivity contribution in [3.8, 4) is 0 Å². The molecule has 1 fully saturated rings. The molecule has 0 unspecified atom stereocenters. The zero-order valence-electron chi connectivity index (χ0n) is 11.8. The summed E-state index contributed by atoms with van der Waals surface area (Å²) in [4.78, 5) is 0. The fourth-order valence-corrected chi connectivity index (χ4v) is 3.03. The molecule has 0 atom stereocenters. The van der Waals surface area contributed by atoms with Gasteiger partial charge in [-0.05, 0) is 55.9 Å². The summed E-state index contributed by atoms with van der Waals surface area (Å²) in [6.07, 6.45) is 5.71. The summed E-state index contributed by atoms with van der Waals surface area (Å²) in [5.74, 6) is -1.58. The van der Waals surface area contributed by atoms with Gasteiger partial charge in [0, 0.05) is 11.5 Å². The Morgan fingerprint density at radius 2 is 1.65 bits per heavy atom. The largest absolute Gasteiger partial charge is 0.208 e. The van der Waals surface area contributed by atoms with Crippen molar-refractivity contribution in [2.45, 2.75) is 45.4 Å². The van der Waals surface area contributed by atoms with Gasteiger partial charge in [-0.2, -0.15) is 0 Å². The molecule has 0 aliphatic heterocycles. The zero-order chi connectivity index (χ0) is 14.5. The van der Waals surface area contributed by atoms with Gasteiger partial charge in [0.1, 0.15) is 11.6 Å². The van der Waals surface area contributed by atoms with Crippen molar-refractivity contribution in [2.75, 3.05) is 0 Å². The molecule has 0 aromatic heterocycles. The molecule has 0 spiro atoms. The maximum atomic E-state index is 14.2. The Hall–Kier alpha value is -1.25. The van der Waals surface area contributed by atoms with Crippen molar-refractivity contribution < 1.29 is 13.2 Å². The molecule has 0 nitrogen and oxygen atoms in total. The maximum absolute atomic E-state index is 14.2. The van der Waals surface area contributed by atoms with E-state index in [0.717, 1.165) is 31.4 Å². The van der Waals surface area contributed by atoms with Gasteiger partial charge in [0.05, 0.1) is 0 Å². The Morgan fingerprint density at radius 1 is 1.05 bits per heavy atom. The third-order valence-electron chi connectivity index (χ3n) is 4.21. The predicted molar refractivity (Wildman–Crippen MR) is 75.9 cm³/mol. The Balaban J connectivity index is 2.04. The first-order valence-corrected chi connectivity index (χ1v) is 7.43. The van der Waals surface area contributed by atoms with Crippen LogP contribution in [0.2, 0.25) is 0 Å². The molecule has 20 heavy (non-hydrogen) atoms. The lowest BCUT2D eigenvalue weighted by Gasteiger charge is -2.27. The Morgan fingerprint density at radius 3 is 2.20 bits per heavy atom. The van der Waals surface area contributed by atoms with E-state index in [4.69, 9.17) is 0 Å². The summed E-state index contributed by atoms with van der Waals surface area (Å²) in [5.41, 5.74) is 0.125. The van der Waals surface area contributed by atoms with Gasteiger partial charge in [0.2, 0.25) is 0 Å². The van der Waals surface area contributed by atoms with E-state index in [1.807, 2.05) is 0 Å². The lowest BCUT2D eigenvalue weighted by Crippen LogP contribution is -2.15. The molecule has 1 aliphatic rings. The van der Waals surface area contributed by atoms with E-state index in [1.165, 1.54) is 18.6 Å². The molecule has 1 saturated carbocycles. The maximum Gasteiger partial charge on any atom is 0.162 e. The fourth-order valence-electron chi connectivity index (χ4n) is 3.03. The lowest BCUT2D eigenvalue weighted by molar-refractivity contribution is 0.261. The van der Waals surface area contributed by atoms with Gasteiger partial charge in [0.25, 0.3) is 0 Å². The van der Waals surface area contributed by atoms with Gasteiger partial charge in [-0.1, -0.05) is 19.8 Å². The minimum atomic E-state index is -0.830. The molecular formula is C17H21F3. The van der Waals surface area contributed by atoms with Crippen LogP contribution < -0.4 is 0 Å². The molecule has 0 radical (unpaired) electrons. The van der Waals surface area contributed by atoms with Crippen molar-refractivity contribution in [1.29, 1.82) is 0 Å². The van der Waals surface area contributed by atoms with Crippen LogP contribution in [0.25, 0.3) is 5.83 Å². The van der Waals surface area contributed by atoms with Crippen LogP contribution in [0.4, 0.5) is 13.2 Å². The topological polar surface area (TPSA) is 0 Å². The molecule has 1 aromatic rings. The Kier molecular flexibility index (Phi) is 5.27. The molecule has 0 saturated heterocycles. The Labute approximate surface area is 118 Å². The summed E-state index contributed by atoms with van der Waals surface area (Å²) in [5, 5.41) is 0. The van der Waals surface area contributed by atoms with Crippen LogP contribution in [-0.2, 0) is 0 Å². The summed E-state index contributed by atoms with van der Waals surface area (Å²) < 4.78 is 41.1. The highest BCUT2D eigenvalue weighted by Crippen LogP contribution is 2.38. The van der Waals surface area contributed by atoms with Crippen molar-refractivity contribution in [3.63, 3.8) is 0 Å². The summed E-state index contributed by atoms with van der Waals surface area (Å²) in [6.45, 7) is 2.15. The van der Waals surface area contributed by atoms with Crippen molar-refractivity contribution in [2.24, 2.45) is 11.8 Å². The standard InChI is InChI=1S/C17H21F3/c1-2-3-12-4-6-13(7-5-12)16(19)17(20)14-8-10-15(18)11-9-14/h8-13H,2-7H2,1H3/b17-16+/t12-,13-. The minimum Gasteiger partial charge on any atom is -0.208 e. The number of hydrogen-bond acceptors (Lipinski definition) is 0. The van der Waals surface area contributed by atoms with E-state index in [-0.39, 0.29) is 11.5 Å². The molecule has 2 rings (SSSR count). The molecule has 3 heteroatoms. The SMILES string of the molecule is CCC[C@H]1CC[C@H](/C(F)=C(\F)c2ccc(F)cc2)CC1. The van der Waals surface area contributed by atoms with E-state index in [0.29, 0.717) is 18.8 Å². The van der Waals surface area contributed by atoms with Crippen LogP contribution in [0.3, 0.4) is 0 Å². The third kappa shape index (κ3) is 3.65. The predicted octanol–water partition coefficient (Wildman–Crippen LogP) is 6.04. The number of rotatable bonds is 4. The van der Waals surface area contributed by atoms with E-state index >= 15 is 0 Å². The molecule has 1 aliphatic carbocycles. The monoisotopic (exact) mass is 282 g/mol. The van der Waals surface area contributed by atoms with Gasteiger partial charge < -0.3 is 0 Å². The second-order valence-electron chi connectivity index (χ2n) is 5.68. The molecule has 0 N–H and O–H groups in total. The molecule has 1 aromatic carbocycles. The van der Waals surface area contributed by atoms with Gasteiger partial charge in [-0.3, -0.25) is 0 Å². The van der Waals surface area contributed by atoms with E-state index in [9.17, 15) is 13.2 Å². The number of halogens is 3. The van der Waals surface area contributed by atoms with Crippen LogP contribution in [-0.4, -0.2) is 0 Å². The summed E-state index contributed by atoms with van der Waals surface area (Å²) in [6, 6.07) is 4.88. The molecule has 0 bridgehead atoms. The van der Waals surface area contributed by atoms with Crippen molar-refractivity contribution >= 4 is 5.83 Å². The molecule has 0 heterocycles. The number of allylic oxidation sites excluding steroid dienone is 1. The van der Waals surface area contributed by atoms with E-state index < -0.39 is 17.5 Å². The summed E-state index contributed by atoms with van der Waals surface area (Å²) >= 11 is 0.